The van der Waals surface area contributed by atoms with E-state index in [1.54, 1.807) is 0 Å². The Morgan fingerprint density at radius 2 is 1.83 bits per heavy atom. The minimum atomic E-state index is 0. The van der Waals surface area contributed by atoms with Crippen LogP contribution in [0.1, 0.15) is 44.9 Å². The van der Waals surface area contributed by atoms with Crippen molar-refractivity contribution in [3.8, 4) is 0 Å². The van der Waals surface area contributed by atoms with Crippen LogP contribution in [0.5, 0.6) is 0 Å². The van der Waals surface area contributed by atoms with Gasteiger partial charge in [-0.05, 0) is 51.1 Å². The Bertz CT molecular complexity index is 340. The first-order valence-corrected chi connectivity index (χ1v) is 9.51. The third-order valence-corrected chi connectivity index (χ3v) is 5.20. The van der Waals surface area contributed by atoms with E-state index < -0.39 is 0 Å². The smallest absolute Gasteiger partial charge is 0.193 e. The summed E-state index contributed by atoms with van der Waals surface area (Å²) in [5.74, 6) is 1.85. The normalized spacial score (nSPS) is 21.0. The highest BCUT2D eigenvalue weighted by Crippen LogP contribution is 2.18. The van der Waals surface area contributed by atoms with Crippen molar-refractivity contribution in [2.75, 3.05) is 60.0 Å². The Labute approximate surface area is 165 Å². The number of halogens is 1. The predicted molar refractivity (Wildman–Crippen MR) is 112 cm³/mol. The number of hydrogen-bond donors (Lipinski definition) is 1. The van der Waals surface area contributed by atoms with Crippen molar-refractivity contribution in [1.29, 1.82) is 0 Å². The first-order chi connectivity index (χ1) is 11.3. The fourth-order valence-corrected chi connectivity index (χ4v) is 3.59. The summed E-state index contributed by atoms with van der Waals surface area (Å²) in [6.07, 6.45) is 9.21. The summed E-state index contributed by atoms with van der Waals surface area (Å²) < 4.78 is 5.44. The molecule has 0 aliphatic carbocycles. The molecule has 2 aliphatic rings. The van der Waals surface area contributed by atoms with Gasteiger partial charge in [0.2, 0.25) is 0 Å². The van der Waals surface area contributed by atoms with Gasteiger partial charge in [-0.15, -0.1) is 24.0 Å². The Kier molecular flexibility index (Phi) is 12.0. The van der Waals surface area contributed by atoms with Crippen LogP contribution in [0.2, 0.25) is 0 Å². The number of likely N-dealkylation sites (tertiary alicyclic amines) is 1. The maximum absolute atomic E-state index is 5.44. The van der Waals surface area contributed by atoms with Gasteiger partial charge in [-0.3, -0.25) is 4.99 Å². The number of guanidine groups is 1. The molecular weight excluding hydrogens is 415 g/mol. The van der Waals surface area contributed by atoms with Gasteiger partial charge in [0, 0.05) is 46.9 Å². The molecule has 0 spiro atoms. The zero-order valence-corrected chi connectivity index (χ0v) is 18.0. The molecule has 5 nitrogen and oxygen atoms in total. The lowest BCUT2D eigenvalue weighted by Gasteiger charge is -2.27. The molecule has 0 aromatic heterocycles. The van der Waals surface area contributed by atoms with Crippen LogP contribution in [-0.4, -0.2) is 75.8 Å². The fraction of sp³-hybridized carbons (Fsp3) is 0.944. The van der Waals surface area contributed by atoms with E-state index in [-0.39, 0.29) is 24.0 Å². The molecule has 0 saturated carbocycles. The molecule has 0 bridgehead atoms. The lowest BCUT2D eigenvalue weighted by atomic mass is 9.96. The average molecular weight is 452 g/mol. The number of nitrogens with zero attached hydrogens (tertiary/aromatic N) is 3. The van der Waals surface area contributed by atoms with Crippen LogP contribution >= 0.6 is 24.0 Å². The molecule has 1 N–H and O–H groups in total. The maximum atomic E-state index is 5.44. The SMILES string of the molecule is CN=C(NCCN1CCCCCC1)N(C)CCC1CCOCC1.I. The van der Waals surface area contributed by atoms with Crippen LogP contribution in [0.3, 0.4) is 0 Å². The molecule has 2 saturated heterocycles. The van der Waals surface area contributed by atoms with Crippen LogP contribution in [0.4, 0.5) is 0 Å². The van der Waals surface area contributed by atoms with Crippen LogP contribution in [0.15, 0.2) is 4.99 Å². The molecule has 2 fully saturated rings. The molecular formula is C18H37IN4O. The first kappa shape index (κ1) is 22.0. The second-order valence-electron chi connectivity index (χ2n) is 7.00. The van der Waals surface area contributed by atoms with E-state index >= 15 is 0 Å². The third kappa shape index (κ3) is 8.34. The molecule has 6 heteroatoms. The molecule has 2 heterocycles. The quantitative estimate of drug-likeness (QED) is 0.382. The van der Waals surface area contributed by atoms with Gasteiger partial charge in [-0.25, -0.2) is 0 Å². The lowest BCUT2D eigenvalue weighted by Crippen LogP contribution is -2.43. The van der Waals surface area contributed by atoms with Crippen LogP contribution < -0.4 is 5.32 Å². The minimum absolute atomic E-state index is 0. The van der Waals surface area contributed by atoms with Gasteiger partial charge < -0.3 is 19.9 Å². The summed E-state index contributed by atoms with van der Waals surface area (Å²) in [4.78, 5) is 9.31. The molecule has 0 aromatic rings. The van der Waals surface area contributed by atoms with Crippen molar-refractivity contribution >= 4 is 29.9 Å². The topological polar surface area (TPSA) is 40.1 Å². The maximum Gasteiger partial charge on any atom is 0.193 e. The summed E-state index contributed by atoms with van der Waals surface area (Å²) in [7, 11) is 4.04. The van der Waals surface area contributed by atoms with Crippen LogP contribution in [-0.2, 0) is 4.74 Å². The highest BCUT2D eigenvalue weighted by molar-refractivity contribution is 14.0. The van der Waals surface area contributed by atoms with E-state index in [2.05, 4.69) is 27.2 Å². The number of rotatable bonds is 6. The van der Waals surface area contributed by atoms with Crippen LogP contribution in [0, 0.1) is 5.92 Å². The van der Waals surface area contributed by atoms with Gasteiger partial charge in [0.25, 0.3) is 0 Å². The molecule has 2 aliphatic heterocycles. The van der Waals surface area contributed by atoms with E-state index in [0.717, 1.165) is 44.7 Å². The van der Waals surface area contributed by atoms with Crippen molar-refractivity contribution in [3.63, 3.8) is 0 Å². The summed E-state index contributed by atoms with van der Waals surface area (Å²) in [5, 5.41) is 3.53. The second kappa shape index (κ2) is 13.2. The lowest BCUT2D eigenvalue weighted by molar-refractivity contribution is 0.0625. The monoisotopic (exact) mass is 452 g/mol. The highest BCUT2D eigenvalue weighted by Gasteiger charge is 2.15. The molecule has 0 atom stereocenters. The second-order valence-corrected chi connectivity index (χ2v) is 7.00. The molecule has 142 valence electrons. The Balaban J connectivity index is 0.00000288. The number of hydrogen-bond acceptors (Lipinski definition) is 3. The number of ether oxygens (including phenoxy) is 1. The van der Waals surface area contributed by atoms with Crippen LogP contribution in [0.25, 0.3) is 0 Å². The van der Waals surface area contributed by atoms with Gasteiger partial charge in [0.05, 0.1) is 0 Å². The van der Waals surface area contributed by atoms with Gasteiger partial charge in [-0.1, -0.05) is 12.8 Å². The van der Waals surface area contributed by atoms with Gasteiger partial charge >= 0.3 is 0 Å². The summed E-state index contributed by atoms with van der Waals surface area (Å²) in [6.45, 7) is 7.61. The Morgan fingerprint density at radius 1 is 1.17 bits per heavy atom. The van der Waals surface area contributed by atoms with Crippen molar-refractivity contribution in [1.82, 2.24) is 15.1 Å². The van der Waals surface area contributed by atoms with Crippen molar-refractivity contribution in [2.45, 2.75) is 44.9 Å². The van der Waals surface area contributed by atoms with Gasteiger partial charge in [0.1, 0.15) is 0 Å². The molecule has 2 rings (SSSR count). The van der Waals surface area contributed by atoms with Crippen molar-refractivity contribution < 1.29 is 4.74 Å². The first-order valence-electron chi connectivity index (χ1n) is 9.51. The number of nitrogens with one attached hydrogen (secondary N) is 1. The van der Waals surface area contributed by atoms with E-state index in [4.69, 9.17) is 4.74 Å². The Hall–Kier alpha value is -0.0800. The summed E-state index contributed by atoms with van der Waals surface area (Å²) in [6, 6.07) is 0. The van der Waals surface area contributed by atoms with Crippen molar-refractivity contribution in [3.05, 3.63) is 0 Å². The van der Waals surface area contributed by atoms with Crippen molar-refractivity contribution in [2.24, 2.45) is 10.9 Å². The van der Waals surface area contributed by atoms with E-state index in [9.17, 15) is 0 Å². The molecule has 0 aromatic carbocycles. The van der Waals surface area contributed by atoms with E-state index in [1.165, 1.54) is 58.0 Å². The van der Waals surface area contributed by atoms with E-state index in [1.807, 2.05) is 7.05 Å². The van der Waals surface area contributed by atoms with Gasteiger partial charge in [-0.2, -0.15) is 0 Å². The molecule has 0 unspecified atom stereocenters. The standard InChI is InChI=1S/C18H36N4O.HI/c1-19-18(20-10-14-22-11-5-3-4-6-12-22)21(2)13-7-17-8-15-23-16-9-17;/h17H,3-16H2,1-2H3,(H,19,20);1H. The predicted octanol–water partition coefficient (Wildman–Crippen LogP) is 2.80. The zero-order chi connectivity index (χ0) is 16.3. The van der Waals surface area contributed by atoms with Gasteiger partial charge in [0.15, 0.2) is 5.96 Å². The average Bonchev–Trinajstić information content (AvgIpc) is 2.86. The highest BCUT2D eigenvalue weighted by atomic mass is 127. The summed E-state index contributed by atoms with van der Waals surface area (Å²) >= 11 is 0. The molecule has 24 heavy (non-hydrogen) atoms. The Morgan fingerprint density at radius 3 is 2.46 bits per heavy atom. The third-order valence-electron chi connectivity index (χ3n) is 5.20. The summed E-state index contributed by atoms with van der Waals surface area (Å²) in [5.41, 5.74) is 0. The minimum Gasteiger partial charge on any atom is -0.381 e. The zero-order valence-electron chi connectivity index (χ0n) is 15.6. The fourth-order valence-electron chi connectivity index (χ4n) is 3.59. The largest absolute Gasteiger partial charge is 0.381 e. The number of aliphatic imine (C=N–C) groups is 1. The molecule has 0 radical (unpaired) electrons. The molecule has 0 amide bonds. The van der Waals surface area contributed by atoms with E-state index in [0.29, 0.717) is 0 Å².